The zero-order valence-electron chi connectivity index (χ0n) is 32.1. The van der Waals surface area contributed by atoms with E-state index in [0.29, 0.717) is 17.2 Å². The first kappa shape index (κ1) is 44.8. The van der Waals surface area contributed by atoms with Gasteiger partial charge >= 0.3 is 0 Å². The number of methoxy groups -OCH3 is 3. The monoisotopic (exact) mass is 801 g/mol. The fourth-order valence-corrected chi connectivity index (χ4v) is 5.14. The van der Waals surface area contributed by atoms with E-state index in [0.717, 1.165) is 0 Å². The largest absolute Gasteiger partial charge is 0.507 e. The average molecular weight is 802 g/mol. The highest BCUT2D eigenvalue weighted by molar-refractivity contribution is 5.74. The van der Waals surface area contributed by atoms with Crippen LogP contribution in [0.2, 0.25) is 0 Å². The number of aliphatic hydroxyl groups excluding tert-OH is 3. The average Bonchev–Trinajstić information content (AvgIpc) is 3.18. The highest BCUT2D eigenvalue weighted by Crippen LogP contribution is 2.37. The van der Waals surface area contributed by atoms with Crippen molar-refractivity contribution in [3.05, 3.63) is 54.6 Å². The minimum Gasteiger partial charge on any atom is -0.507 e. The lowest BCUT2D eigenvalue weighted by molar-refractivity contribution is -0.0122. The maximum absolute atomic E-state index is 11.1. The van der Waals surface area contributed by atoms with Crippen LogP contribution in [0, 0.1) is 0 Å². The van der Waals surface area contributed by atoms with Crippen molar-refractivity contribution < 1.29 is 73.3 Å². The summed E-state index contributed by atoms with van der Waals surface area (Å²) in [5.41, 5.74) is 0.615. The number of ether oxygens (including phenoxy) is 9. The SMILES string of the molecule is COCC(O)COCCOc1ccc(-c2nc(-c3ccc(OCCOCC(O)COC)cc3O)nc(-c3ccc(OCCOCC(O)COC)cc3O)n2)c(O)c1. The van der Waals surface area contributed by atoms with E-state index in [2.05, 4.69) is 15.0 Å². The molecule has 0 bridgehead atoms. The Morgan fingerprint density at radius 3 is 0.947 bits per heavy atom. The molecule has 1 heterocycles. The van der Waals surface area contributed by atoms with Gasteiger partial charge < -0.3 is 73.3 Å². The van der Waals surface area contributed by atoms with Gasteiger partial charge in [-0.25, -0.2) is 15.0 Å². The molecule has 312 valence electrons. The molecule has 0 saturated carbocycles. The molecule has 18 heteroatoms. The number of aromatic nitrogens is 3. The van der Waals surface area contributed by atoms with Crippen molar-refractivity contribution in [2.24, 2.45) is 0 Å². The quantitative estimate of drug-likeness (QED) is 0.0474. The molecule has 0 radical (unpaired) electrons. The Balaban J connectivity index is 1.54. The number of phenolic OH excluding ortho intramolecular Hbond substituents is 3. The van der Waals surface area contributed by atoms with Gasteiger partial charge in [0.2, 0.25) is 0 Å². The highest BCUT2D eigenvalue weighted by atomic mass is 16.5. The molecule has 3 atom stereocenters. The lowest BCUT2D eigenvalue weighted by Crippen LogP contribution is -2.22. The molecule has 0 saturated heterocycles. The Bertz CT molecular complexity index is 1580. The molecule has 57 heavy (non-hydrogen) atoms. The molecule has 6 N–H and O–H groups in total. The second kappa shape index (κ2) is 24.0. The molecule has 18 nitrogen and oxygen atoms in total. The number of nitrogens with zero attached hydrogens (tertiary/aromatic N) is 3. The summed E-state index contributed by atoms with van der Waals surface area (Å²) < 4.78 is 47.9. The van der Waals surface area contributed by atoms with Crippen LogP contribution in [0.1, 0.15) is 0 Å². The van der Waals surface area contributed by atoms with Gasteiger partial charge in [0.25, 0.3) is 0 Å². The van der Waals surface area contributed by atoms with Gasteiger partial charge in [0.05, 0.1) is 76.2 Å². The number of benzene rings is 3. The Morgan fingerprint density at radius 2 is 0.702 bits per heavy atom. The molecule has 0 amide bonds. The lowest BCUT2D eigenvalue weighted by Gasteiger charge is -2.14. The molecule has 3 unspecified atom stereocenters. The zero-order valence-corrected chi connectivity index (χ0v) is 32.1. The number of hydrogen-bond acceptors (Lipinski definition) is 18. The second-order valence-corrected chi connectivity index (χ2v) is 12.4. The lowest BCUT2D eigenvalue weighted by atomic mass is 10.1. The van der Waals surface area contributed by atoms with Crippen LogP contribution < -0.4 is 14.2 Å². The summed E-state index contributed by atoms with van der Waals surface area (Å²) >= 11 is 0. The standard InChI is InChI=1S/C39H51N3O15/c1-49-19-25(43)22-52-10-13-55-28-4-7-31(34(46)16-28)37-40-38(32-8-5-29(17-35(32)47)56-14-11-53-23-26(44)20-50-2)42-39(41-37)33-9-6-30(18-36(33)48)57-15-12-54-24-27(45)21-51-3/h4-9,16-18,25-27,43-48H,10-15,19-24H2,1-3H3. The van der Waals surface area contributed by atoms with Gasteiger partial charge in [0, 0.05) is 39.5 Å². The topological polar surface area (TPSA) is 243 Å². The smallest absolute Gasteiger partial charge is 0.167 e. The predicted octanol–water partition coefficient (Wildman–Crippen LogP) is 2.20. The van der Waals surface area contributed by atoms with Gasteiger partial charge in [0.15, 0.2) is 17.5 Å². The third kappa shape index (κ3) is 14.8. The molecule has 0 spiro atoms. The van der Waals surface area contributed by atoms with Crippen LogP contribution in [-0.4, -0.2) is 165 Å². The number of phenols is 3. The summed E-state index contributed by atoms with van der Waals surface area (Å²) in [5.74, 6) is 0.411. The maximum atomic E-state index is 11.1. The van der Waals surface area contributed by atoms with Crippen LogP contribution in [0.25, 0.3) is 34.2 Å². The van der Waals surface area contributed by atoms with Crippen LogP contribution in [0.5, 0.6) is 34.5 Å². The number of rotatable bonds is 27. The van der Waals surface area contributed by atoms with Crippen LogP contribution >= 0.6 is 0 Å². The van der Waals surface area contributed by atoms with Crippen molar-refractivity contribution in [3.63, 3.8) is 0 Å². The van der Waals surface area contributed by atoms with Crippen LogP contribution in [0.4, 0.5) is 0 Å². The highest BCUT2D eigenvalue weighted by Gasteiger charge is 2.20. The molecule has 3 aromatic carbocycles. The van der Waals surface area contributed by atoms with E-state index in [9.17, 15) is 30.6 Å². The van der Waals surface area contributed by atoms with E-state index in [4.69, 9.17) is 42.6 Å². The van der Waals surface area contributed by atoms with Gasteiger partial charge in [-0.05, 0) is 36.4 Å². The van der Waals surface area contributed by atoms with Crippen molar-refractivity contribution in [3.8, 4) is 68.7 Å². The van der Waals surface area contributed by atoms with E-state index in [1.54, 1.807) is 36.4 Å². The summed E-state index contributed by atoms with van der Waals surface area (Å²) in [4.78, 5) is 13.7. The summed E-state index contributed by atoms with van der Waals surface area (Å²) in [6, 6.07) is 13.6. The third-order valence-electron chi connectivity index (χ3n) is 7.76. The van der Waals surface area contributed by atoms with Crippen molar-refractivity contribution in [1.82, 2.24) is 15.0 Å². The fourth-order valence-electron chi connectivity index (χ4n) is 5.14. The van der Waals surface area contributed by atoms with E-state index >= 15 is 0 Å². The Labute approximate surface area is 330 Å². The number of aliphatic hydroxyl groups is 3. The van der Waals surface area contributed by atoms with Crippen LogP contribution in [0.15, 0.2) is 54.6 Å². The van der Waals surface area contributed by atoms with E-state index in [1.807, 2.05) is 0 Å². The molecule has 0 aliphatic carbocycles. The van der Waals surface area contributed by atoms with Crippen molar-refractivity contribution >= 4 is 0 Å². The van der Waals surface area contributed by atoms with Crippen molar-refractivity contribution in [2.75, 3.05) is 101 Å². The number of aromatic hydroxyl groups is 3. The maximum Gasteiger partial charge on any atom is 0.167 e. The number of hydrogen-bond donors (Lipinski definition) is 6. The van der Waals surface area contributed by atoms with Gasteiger partial charge in [0.1, 0.15) is 72.6 Å². The first-order valence-electron chi connectivity index (χ1n) is 18.0. The molecule has 1 aromatic heterocycles. The van der Waals surface area contributed by atoms with Crippen molar-refractivity contribution in [1.29, 1.82) is 0 Å². The van der Waals surface area contributed by atoms with E-state index < -0.39 is 18.3 Å². The van der Waals surface area contributed by atoms with Crippen molar-refractivity contribution in [2.45, 2.75) is 18.3 Å². The van der Waals surface area contributed by atoms with Gasteiger partial charge in [-0.15, -0.1) is 0 Å². The molecule has 4 rings (SSSR count). The minimum absolute atomic E-state index is 0.0228. The predicted molar refractivity (Wildman–Crippen MR) is 204 cm³/mol. The first-order valence-corrected chi connectivity index (χ1v) is 18.0. The summed E-state index contributed by atoms with van der Waals surface area (Å²) in [7, 11) is 4.45. The van der Waals surface area contributed by atoms with Crippen LogP contribution in [0.3, 0.4) is 0 Å². The molecule has 0 aliphatic rings. The molecular formula is C39H51N3O15. The second-order valence-electron chi connectivity index (χ2n) is 12.4. The Morgan fingerprint density at radius 1 is 0.421 bits per heavy atom. The van der Waals surface area contributed by atoms with Gasteiger partial charge in [-0.1, -0.05) is 0 Å². The summed E-state index contributed by atoms with van der Waals surface area (Å²) in [6.07, 6.45) is -2.27. The summed E-state index contributed by atoms with van der Waals surface area (Å²) in [6.45, 7) is 1.66. The summed E-state index contributed by atoms with van der Waals surface area (Å²) in [5, 5.41) is 62.4. The van der Waals surface area contributed by atoms with E-state index in [1.165, 1.54) is 39.5 Å². The van der Waals surface area contributed by atoms with Crippen LogP contribution in [-0.2, 0) is 28.4 Å². The zero-order chi connectivity index (χ0) is 41.0. The fraction of sp³-hybridized carbons (Fsp3) is 0.462. The van der Waals surface area contributed by atoms with Gasteiger partial charge in [-0.3, -0.25) is 0 Å². The molecule has 0 fully saturated rings. The van der Waals surface area contributed by atoms with Gasteiger partial charge in [-0.2, -0.15) is 0 Å². The Hall–Kier alpha value is -4.89. The molecular weight excluding hydrogens is 750 g/mol. The minimum atomic E-state index is -0.758. The van der Waals surface area contributed by atoms with E-state index in [-0.39, 0.29) is 131 Å². The first-order chi connectivity index (χ1) is 27.6. The third-order valence-corrected chi connectivity index (χ3v) is 7.76. The Kier molecular flexibility index (Phi) is 18.9. The molecule has 0 aliphatic heterocycles. The normalized spacial score (nSPS) is 12.9. The molecule has 4 aromatic rings.